The molecule has 1 aromatic carbocycles. The fourth-order valence-electron chi connectivity index (χ4n) is 2.58. The Hall–Kier alpha value is -2.76. The van der Waals surface area contributed by atoms with Gasteiger partial charge in [-0.2, -0.15) is 0 Å². The van der Waals surface area contributed by atoms with Gasteiger partial charge in [-0.05, 0) is 44.1 Å². The van der Waals surface area contributed by atoms with Crippen molar-refractivity contribution in [3.05, 3.63) is 40.7 Å². The quantitative estimate of drug-likeness (QED) is 0.297. The predicted molar refractivity (Wildman–Crippen MR) is 108 cm³/mol. The number of hydrogen-bond donors (Lipinski definition) is 3. The van der Waals surface area contributed by atoms with E-state index in [9.17, 15) is 9.18 Å². The molecular formula is C19H21FN4O2S. The maximum absolute atomic E-state index is 14.2. The Bertz CT molecular complexity index is 841. The molecule has 8 heteroatoms. The molecule has 1 aliphatic rings. The van der Waals surface area contributed by atoms with E-state index in [-0.39, 0.29) is 29.4 Å². The Morgan fingerprint density at radius 2 is 2.19 bits per heavy atom. The fraction of sp³-hybridized carbons (Fsp3) is 0.316. The number of nitrogens with one attached hydrogen (secondary N) is 1. The first-order valence-electron chi connectivity index (χ1n) is 8.38. The molecule has 27 heavy (non-hydrogen) atoms. The maximum atomic E-state index is 14.2. The second-order valence-electron chi connectivity index (χ2n) is 5.97. The van der Waals surface area contributed by atoms with E-state index >= 15 is 0 Å². The van der Waals surface area contributed by atoms with Gasteiger partial charge in [-0.1, -0.05) is 29.6 Å². The summed E-state index contributed by atoms with van der Waals surface area (Å²) in [5.74, 6) is 5.07. The van der Waals surface area contributed by atoms with Crippen molar-refractivity contribution in [1.82, 2.24) is 10.2 Å². The van der Waals surface area contributed by atoms with Crippen LogP contribution < -0.4 is 11.1 Å². The highest BCUT2D eigenvalue weighted by molar-refractivity contribution is 7.80. The number of thiocarbonyl (C=S) groups is 1. The number of carbonyl (C=O) groups is 1. The van der Waals surface area contributed by atoms with Crippen molar-refractivity contribution < 1.29 is 14.3 Å². The molecule has 0 bridgehead atoms. The molecule has 0 aromatic heterocycles. The first-order valence-corrected chi connectivity index (χ1v) is 8.79. The third kappa shape index (κ3) is 6.47. The van der Waals surface area contributed by atoms with Gasteiger partial charge < -0.3 is 15.7 Å². The number of aliphatic hydroxyl groups excluding tert-OH is 1. The molecule has 1 heterocycles. The molecular weight excluding hydrogens is 367 g/mol. The summed E-state index contributed by atoms with van der Waals surface area (Å²) in [4.78, 5) is 17.6. The number of hydrogen-bond acceptors (Lipinski definition) is 3. The van der Waals surface area contributed by atoms with Gasteiger partial charge in [-0.3, -0.25) is 5.32 Å². The first kappa shape index (κ1) is 20.6. The first-order chi connectivity index (χ1) is 12.9. The number of urea groups is 1. The summed E-state index contributed by atoms with van der Waals surface area (Å²) in [6, 6.07) is 4.40. The van der Waals surface area contributed by atoms with E-state index in [1.54, 1.807) is 30.0 Å². The SMILES string of the molecule is C/C(N)=N/C(=S)NC(=O)N1CCC(=Cc2ccc(C#CCO)cc2F)CC1. The lowest BCUT2D eigenvalue weighted by Gasteiger charge is -2.28. The van der Waals surface area contributed by atoms with Gasteiger partial charge in [0.05, 0.1) is 5.84 Å². The van der Waals surface area contributed by atoms with Crippen LogP contribution in [0.1, 0.15) is 30.9 Å². The van der Waals surface area contributed by atoms with E-state index in [1.807, 2.05) is 0 Å². The number of carbonyl (C=O) groups excluding carboxylic acids is 1. The smallest absolute Gasteiger partial charge is 0.323 e. The third-order valence-electron chi connectivity index (χ3n) is 3.86. The minimum atomic E-state index is -0.368. The van der Waals surface area contributed by atoms with Gasteiger partial charge in [-0.15, -0.1) is 0 Å². The number of amides is 2. The van der Waals surface area contributed by atoms with Gasteiger partial charge in [0, 0.05) is 24.2 Å². The van der Waals surface area contributed by atoms with Crippen LogP contribution in [-0.2, 0) is 0 Å². The average Bonchev–Trinajstić information content (AvgIpc) is 2.61. The van der Waals surface area contributed by atoms with Crippen LogP contribution >= 0.6 is 12.2 Å². The molecule has 6 nitrogen and oxygen atoms in total. The lowest BCUT2D eigenvalue weighted by molar-refractivity contribution is 0.199. The van der Waals surface area contributed by atoms with E-state index in [1.165, 1.54) is 6.07 Å². The number of nitrogens with two attached hydrogens (primary N) is 1. The minimum Gasteiger partial charge on any atom is -0.387 e. The predicted octanol–water partition coefficient (Wildman–Crippen LogP) is 2.02. The summed E-state index contributed by atoms with van der Waals surface area (Å²) in [7, 11) is 0. The summed E-state index contributed by atoms with van der Waals surface area (Å²) in [5, 5.41) is 11.2. The van der Waals surface area contributed by atoms with E-state index in [0.717, 1.165) is 5.57 Å². The molecule has 2 amide bonds. The fourth-order valence-corrected chi connectivity index (χ4v) is 2.81. The van der Waals surface area contributed by atoms with Gasteiger partial charge in [0.2, 0.25) is 5.11 Å². The van der Waals surface area contributed by atoms with Crippen molar-refractivity contribution in [2.75, 3.05) is 19.7 Å². The normalized spacial score (nSPS) is 14.3. The Balaban J connectivity index is 1.96. The topological polar surface area (TPSA) is 90.9 Å². The molecule has 0 radical (unpaired) electrons. The van der Waals surface area contributed by atoms with Crippen LogP contribution in [0.15, 0.2) is 28.8 Å². The number of amidine groups is 1. The van der Waals surface area contributed by atoms with Crippen molar-refractivity contribution in [1.29, 1.82) is 0 Å². The van der Waals surface area contributed by atoms with Gasteiger partial charge >= 0.3 is 6.03 Å². The number of piperidine rings is 1. The zero-order valence-electron chi connectivity index (χ0n) is 15.0. The lowest BCUT2D eigenvalue weighted by atomic mass is 10.0. The highest BCUT2D eigenvalue weighted by atomic mass is 32.1. The Morgan fingerprint density at radius 1 is 1.48 bits per heavy atom. The second-order valence-corrected chi connectivity index (χ2v) is 6.36. The highest BCUT2D eigenvalue weighted by Crippen LogP contribution is 2.21. The summed E-state index contributed by atoms with van der Waals surface area (Å²) < 4.78 is 14.2. The Kier molecular flexibility index (Phi) is 7.46. The number of likely N-dealkylation sites (tertiary alicyclic amines) is 1. The number of halogens is 1. The van der Waals surface area contributed by atoms with E-state index in [4.69, 9.17) is 23.1 Å². The zero-order valence-corrected chi connectivity index (χ0v) is 15.8. The third-order valence-corrected chi connectivity index (χ3v) is 4.05. The molecule has 0 saturated carbocycles. The molecule has 0 unspecified atom stereocenters. The maximum Gasteiger partial charge on any atom is 0.323 e. The molecule has 0 atom stereocenters. The molecule has 2 rings (SSSR count). The van der Waals surface area contributed by atoms with Crippen molar-refractivity contribution in [3.8, 4) is 11.8 Å². The highest BCUT2D eigenvalue weighted by Gasteiger charge is 2.19. The van der Waals surface area contributed by atoms with Crippen LogP contribution in [0.4, 0.5) is 9.18 Å². The Labute approximate surface area is 163 Å². The molecule has 4 N–H and O–H groups in total. The van der Waals surface area contributed by atoms with Crippen LogP contribution in [0.2, 0.25) is 0 Å². The van der Waals surface area contributed by atoms with Crippen molar-refractivity contribution >= 4 is 35.3 Å². The van der Waals surface area contributed by atoms with E-state index < -0.39 is 0 Å². The summed E-state index contributed by atoms with van der Waals surface area (Å²) in [6.07, 6.45) is 3.09. The van der Waals surface area contributed by atoms with Gasteiger partial charge in [-0.25, -0.2) is 14.2 Å². The zero-order chi connectivity index (χ0) is 19.8. The molecule has 1 saturated heterocycles. The molecule has 0 aliphatic carbocycles. The van der Waals surface area contributed by atoms with Crippen molar-refractivity contribution in [2.24, 2.45) is 10.7 Å². The number of rotatable bonds is 1. The standard InChI is InChI=1S/C19H21FN4O2S/c1-13(21)22-18(27)23-19(26)24-8-6-15(7-9-24)11-16-5-4-14(3-2-10-25)12-17(16)20/h4-5,11-12,25H,6-10H2,1H3,(H3,21,22,23,26,27). The van der Waals surface area contributed by atoms with Crippen LogP contribution in [0, 0.1) is 17.7 Å². The second kappa shape index (κ2) is 9.80. The van der Waals surface area contributed by atoms with Crippen LogP contribution in [-0.4, -0.2) is 46.7 Å². The van der Waals surface area contributed by atoms with Crippen LogP contribution in [0.3, 0.4) is 0 Å². The molecule has 1 aliphatic heterocycles. The number of benzene rings is 1. The number of nitrogens with zero attached hydrogens (tertiary/aromatic N) is 2. The van der Waals surface area contributed by atoms with Crippen molar-refractivity contribution in [2.45, 2.75) is 19.8 Å². The summed E-state index contributed by atoms with van der Waals surface area (Å²) in [6.45, 7) is 2.34. The Morgan fingerprint density at radius 3 is 2.78 bits per heavy atom. The summed E-state index contributed by atoms with van der Waals surface area (Å²) in [5.41, 5.74) is 7.48. The lowest BCUT2D eigenvalue weighted by Crippen LogP contribution is -2.44. The van der Waals surface area contributed by atoms with Gasteiger partial charge in [0.25, 0.3) is 0 Å². The van der Waals surface area contributed by atoms with Crippen molar-refractivity contribution in [3.63, 3.8) is 0 Å². The molecule has 0 spiro atoms. The van der Waals surface area contributed by atoms with Gasteiger partial charge in [0.1, 0.15) is 12.4 Å². The largest absolute Gasteiger partial charge is 0.387 e. The number of aliphatic imine (C=N–C) groups is 1. The monoisotopic (exact) mass is 388 g/mol. The van der Waals surface area contributed by atoms with Crippen LogP contribution in [0.25, 0.3) is 6.08 Å². The summed E-state index contributed by atoms with van der Waals surface area (Å²) >= 11 is 4.93. The van der Waals surface area contributed by atoms with Crippen LogP contribution in [0.5, 0.6) is 0 Å². The molecule has 142 valence electrons. The van der Waals surface area contributed by atoms with Gasteiger partial charge in [0.15, 0.2) is 0 Å². The van der Waals surface area contributed by atoms with E-state index in [0.29, 0.717) is 37.1 Å². The minimum absolute atomic E-state index is 0.0350. The number of aliphatic hydroxyl groups is 1. The van der Waals surface area contributed by atoms with E-state index in [2.05, 4.69) is 22.2 Å². The average molecular weight is 388 g/mol. The molecule has 1 fully saturated rings. The molecule has 1 aromatic rings.